The summed E-state index contributed by atoms with van der Waals surface area (Å²) in [7, 11) is 1.37. The molecule has 0 spiro atoms. The average molecular weight is 468 g/mol. The van der Waals surface area contributed by atoms with Crippen molar-refractivity contribution >= 4 is 5.97 Å². The summed E-state index contributed by atoms with van der Waals surface area (Å²) in [4.78, 5) is 12.2. The Hall–Kier alpha value is -3.29. The highest BCUT2D eigenvalue weighted by molar-refractivity contribution is 5.91. The maximum absolute atomic E-state index is 12.2. The van der Waals surface area contributed by atoms with Crippen LogP contribution < -0.4 is 9.47 Å². The summed E-state index contributed by atoms with van der Waals surface area (Å²) in [5.41, 5.74) is 0.176. The monoisotopic (exact) mass is 468 g/mol. The lowest BCUT2D eigenvalue weighted by atomic mass is 9.99. The van der Waals surface area contributed by atoms with Gasteiger partial charge in [-0.3, -0.25) is 0 Å². The first-order valence-corrected chi connectivity index (χ1v) is 9.72. The third-order valence-corrected chi connectivity index (χ3v) is 5.01. The van der Waals surface area contributed by atoms with Gasteiger partial charge in [-0.15, -0.1) is 0 Å². The van der Waals surface area contributed by atoms with E-state index in [0.29, 0.717) is 5.56 Å². The molecular weight excluding hydrogens is 444 g/mol. The zero-order valence-electron chi connectivity index (χ0n) is 17.4. The van der Waals surface area contributed by atoms with Gasteiger partial charge in [0.15, 0.2) is 28.7 Å². The van der Waals surface area contributed by atoms with Gasteiger partial charge in [0.25, 0.3) is 0 Å². The van der Waals surface area contributed by atoms with Crippen molar-refractivity contribution in [2.75, 3.05) is 13.7 Å². The van der Waals surface area contributed by atoms with Crippen molar-refractivity contribution in [3.05, 3.63) is 41.5 Å². The molecule has 3 rings (SSSR count). The van der Waals surface area contributed by atoms with E-state index in [9.17, 15) is 40.5 Å². The van der Waals surface area contributed by atoms with E-state index in [4.69, 9.17) is 18.9 Å². The van der Waals surface area contributed by atoms with Gasteiger partial charge in [0.05, 0.1) is 19.3 Å². The number of carbonyl (C=O) groups is 1. The summed E-state index contributed by atoms with van der Waals surface area (Å²) >= 11 is 0. The van der Waals surface area contributed by atoms with E-state index in [1.165, 1.54) is 19.2 Å². The van der Waals surface area contributed by atoms with E-state index in [2.05, 4.69) is 0 Å². The first-order valence-electron chi connectivity index (χ1n) is 9.72. The van der Waals surface area contributed by atoms with Crippen LogP contribution in [-0.4, -0.2) is 86.1 Å². The highest BCUT2D eigenvalue weighted by Gasteiger charge is 2.45. The maximum Gasteiger partial charge on any atom is 0.338 e. The largest absolute Gasteiger partial charge is 0.504 e. The van der Waals surface area contributed by atoms with Crippen LogP contribution in [0.4, 0.5) is 0 Å². The molecule has 5 atom stereocenters. The van der Waals surface area contributed by atoms with E-state index < -0.39 is 60.5 Å². The van der Waals surface area contributed by atoms with Crippen LogP contribution in [0.5, 0.6) is 28.7 Å². The number of rotatable bonds is 7. The van der Waals surface area contributed by atoms with Crippen LogP contribution in [0.15, 0.2) is 30.3 Å². The number of phenolic OH excluding ortho intramolecular Hbond substituents is 3. The Morgan fingerprint density at radius 1 is 0.970 bits per heavy atom. The molecule has 0 aromatic heterocycles. The molecule has 33 heavy (non-hydrogen) atoms. The Balaban J connectivity index is 1.72. The third-order valence-electron chi connectivity index (χ3n) is 5.01. The number of benzene rings is 2. The van der Waals surface area contributed by atoms with Gasteiger partial charge in [-0.25, -0.2) is 4.79 Å². The summed E-state index contributed by atoms with van der Waals surface area (Å²) < 4.78 is 21.3. The van der Waals surface area contributed by atoms with Crippen molar-refractivity contribution in [2.45, 2.75) is 37.3 Å². The first kappa shape index (κ1) is 24.4. The van der Waals surface area contributed by atoms with E-state index in [0.717, 1.165) is 12.1 Å². The van der Waals surface area contributed by atoms with Gasteiger partial charge in [-0.1, -0.05) is 6.07 Å². The second-order valence-corrected chi connectivity index (χ2v) is 7.24. The SMILES string of the molecule is COc1ccc(CO)cc1O[C@@H]1O[C@@H](COC(=O)c2cc(O)c(O)c(O)c2)[C@H](O)[C@@H](O)[C@@H]1O. The van der Waals surface area contributed by atoms with Crippen LogP contribution in [0.1, 0.15) is 15.9 Å². The van der Waals surface area contributed by atoms with Gasteiger partial charge in [0, 0.05) is 0 Å². The molecule has 2 aromatic carbocycles. The van der Waals surface area contributed by atoms with Crippen molar-refractivity contribution in [1.29, 1.82) is 0 Å². The number of hydrogen-bond acceptors (Lipinski definition) is 12. The lowest BCUT2D eigenvalue weighted by Gasteiger charge is -2.40. The number of methoxy groups -OCH3 is 1. The molecule has 1 saturated heterocycles. The van der Waals surface area contributed by atoms with Crippen molar-refractivity contribution in [1.82, 2.24) is 0 Å². The molecule has 180 valence electrons. The fraction of sp³-hybridized carbons (Fsp3) is 0.381. The number of aliphatic hydroxyl groups excluding tert-OH is 4. The second kappa shape index (κ2) is 10.1. The fourth-order valence-corrected chi connectivity index (χ4v) is 3.15. The van der Waals surface area contributed by atoms with Crippen molar-refractivity contribution in [3.8, 4) is 28.7 Å². The van der Waals surface area contributed by atoms with E-state index >= 15 is 0 Å². The summed E-state index contributed by atoms with van der Waals surface area (Å²) in [6.07, 6.45) is -7.89. The van der Waals surface area contributed by atoms with Crippen molar-refractivity contribution in [3.63, 3.8) is 0 Å². The Bertz CT molecular complexity index is 970. The third kappa shape index (κ3) is 5.21. The van der Waals surface area contributed by atoms with E-state index in [1.807, 2.05) is 0 Å². The van der Waals surface area contributed by atoms with Gasteiger partial charge in [-0.05, 0) is 29.8 Å². The van der Waals surface area contributed by atoms with Crippen LogP contribution in [0, 0.1) is 0 Å². The molecule has 12 heteroatoms. The lowest BCUT2D eigenvalue weighted by Crippen LogP contribution is -2.60. The molecule has 1 fully saturated rings. The molecule has 0 saturated carbocycles. The normalized spacial score (nSPS) is 24.8. The zero-order valence-corrected chi connectivity index (χ0v) is 17.4. The molecule has 2 aromatic rings. The van der Waals surface area contributed by atoms with Gasteiger partial charge in [-0.2, -0.15) is 0 Å². The summed E-state index contributed by atoms with van der Waals surface area (Å²) in [6, 6.07) is 6.26. The summed E-state index contributed by atoms with van der Waals surface area (Å²) in [5.74, 6) is -3.01. The maximum atomic E-state index is 12.2. The highest BCUT2D eigenvalue weighted by Crippen LogP contribution is 2.36. The highest BCUT2D eigenvalue weighted by atomic mass is 16.7. The van der Waals surface area contributed by atoms with Crippen molar-refractivity contribution < 1.29 is 59.5 Å². The zero-order chi connectivity index (χ0) is 24.3. The standard InChI is InChI=1S/C21H24O12/c1-30-13-3-2-9(7-22)4-14(13)32-21-19(28)18(27)17(26)15(33-21)8-31-20(29)10-5-11(23)16(25)12(24)6-10/h2-6,15,17-19,21-28H,7-8H2,1H3/t15-,17-,18+,19-,21+/m0/s1. The smallest absolute Gasteiger partial charge is 0.338 e. The van der Waals surface area contributed by atoms with Gasteiger partial charge < -0.3 is 54.7 Å². The summed E-state index contributed by atoms with van der Waals surface area (Å²) in [5, 5.41) is 68.5. The fourth-order valence-electron chi connectivity index (χ4n) is 3.15. The quantitative estimate of drug-likeness (QED) is 0.201. The predicted octanol–water partition coefficient (Wildman–Crippen LogP) is -0.652. The Kier molecular flexibility index (Phi) is 7.46. The molecule has 0 unspecified atom stereocenters. The Morgan fingerprint density at radius 2 is 1.64 bits per heavy atom. The molecule has 1 aliphatic heterocycles. The minimum atomic E-state index is -1.72. The number of hydrogen-bond donors (Lipinski definition) is 7. The van der Waals surface area contributed by atoms with Crippen LogP contribution in [0.2, 0.25) is 0 Å². The lowest BCUT2D eigenvalue weighted by molar-refractivity contribution is -0.277. The van der Waals surface area contributed by atoms with Crippen LogP contribution >= 0.6 is 0 Å². The van der Waals surface area contributed by atoms with E-state index in [1.54, 1.807) is 6.07 Å². The first-order chi connectivity index (χ1) is 15.7. The Labute approximate surface area is 187 Å². The molecular formula is C21H24O12. The second-order valence-electron chi connectivity index (χ2n) is 7.24. The number of ether oxygens (including phenoxy) is 4. The van der Waals surface area contributed by atoms with E-state index in [-0.39, 0.29) is 23.7 Å². The van der Waals surface area contributed by atoms with Crippen LogP contribution in [0.3, 0.4) is 0 Å². The van der Waals surface area contributed by atoms with Crippen molar-refractivity contribution in [2.24, 2.45) is 0 Å². The van der Waals surface area contributed by atoms with Gasteiger partial charge in [0.2, 0.25) is 6.29 Å². The number of phenols is 3. The molecule has 1 heterocycles. The number of aliphatic hydroxyl groups is 4. The topological polar surface area (TPSA) is 196 Å². The number of carbonyl (C=O) groups excluding carboxylic acids is 1. The van der Waals surface area contributed by atoms with Crippen LogP contribution in [-0.2, 0) is 16.1 Å². The molecule has 12 nitrogen and oxygen atoms in total. The number of esters is 1. The van der Waals surface area contributed by atoms with Gasteiger partial charge >= 0.3 is 5.97 Å². The predicted molar refractivity (Wildman–Crippen MR) is 108 cm³/mol. The summed E-state index contributed by atoms with van der Waals surface area (Å²) in [6.45, 7) is -0.892. The Morgan fingerprint density at radius 3 is 2.24 bits per heavy atom. The molecule has 0 bridgehead atoms. The average Bonchev–Trinajstić information content (AvgIpc) is 2.81. The molecule has 0 radical (unpaired) electrons. The minimum absolute atomic E-state index is 0.0856. The number of aromatic hydroxyl groups is 3. The molecule has 1 aliphatic rings. The molecule has 0 aliphatic carbocycles. The van der Waals surface area contributed by atoms with Crippen LogP contribution in [0.25, 0.3) is 0 Å². The van der Waals surface area contributed by atoms with Gasteiger partial charge in [0.1, 0.15) is 31.0 Å². The molecule has 0 amide bonds. The molecule has 7 N–H and O–H groups in total. The minimum Gasteiger partial charge on any atom is -0.504 e.